The van der Waals surface area contributed by atoms with E-state index in [4.69, 9.17) is 6.42 Å². The highest BCUT2D eigenvalue weighted by molar-refractivity contribution is 5.76. The maximum Gasteiger partial charge on any atom is 0.0881 e. The molecule has 0 spiro atoms. The highest BCUT2D eigenvalue weighted by Gasteiger charge is 2.32. The molecule has 1 aliphatic carbocycles. The van der Waals surface area contributed by atoms with Gasteiger partial charge in [-0.25, -0.2) is 0 Å². The SMILES string of the molecule is C#C/C(=C\C/C=C(C)/C(C)=C/C=C1\CC(C)(C)c2ccccc21)N(C)c1ccc(C)cc1. The molecular formula is C31H35N. The molecule has 0 unspecified atom stereocenters. The van der Waals surface area contributed by atoms with Crippen molar-refractivity contribution in [1.29, 1.82) is 0 Å². The predicted molar refractivity (Wildman–Crippen MR) is 141 cm³/mol. The van der Waals surface area contributed by atoms with E-state index in [1.54, 1.807) is 0 Å². The number of hydrogen-bond donors (Lipinski definition) is 0. The molecule has 2 aromatic rings. The molecule has 0 amide bonds. The molecule has 0 atom stereocenters. The van der Waals surface area contributed by atoms with E-state index in [0.717, 1.165) is 24.2 Å². The zero-order chi connectivity index (χ0) is 23.3. The van der Waals surface area contributed by atoms with Crippen LogP contribution in [-0.4, -0.2) is 7.05 Å². The normalized spacial score (nSPS) is 17.3. The summed E-state index contributed by atoms with van der Waals surface area (Å²) in [5.41, 5.74) is 10.3. The Morgan fingerprint density at radius 3 is 2.41 bits per heavy atom. The quantitative estimate of drug-likeness (QED) is 0.337. The van der Waals surface area contributed by atoms with Crippen molar-refractivity contribution >= 4 is 11.3 Å². The van der Waals surface area contributed by atoms with Crippen LogP contribution in [0.25, 0.3) is 5.57 Å². The van der Waals surface area contributed by atoms with Gasteiger partial charge in [0.25, 0.3) is 0 Å². The zero-order valence-electron chi connectivity index (χ0n) is 20.4. The van der Waals surface area contributed by atoms with Gasteiger partial charge < -0.3 is 4.90 Å². The van der Waals surface area contributed by atoms with Crippen molar-refractivity contribution in [1.82, 2.24) is 0 Å². The topological polar surface area (TPSA) is 3.24 Å². The molecule has 0 bridgehead atoms. The minimum atomic E-state index is 0.203. The van der Waals surface area contributed by atoms with E-state index in [9.17, 15) is 0 Å². The van der Waals surface area contributed by atoms with Gasteiger partial charge >= 0.3 is 0 Å². The summed E-state index contributed by atoms with van der Waals surface area (Å²) in [6.45, 7) is 11.1. The minimum absolute atomic E-state index is 0.203. The van der Waals surface area contributed by atoms with Crippen molar-refractivity contribution in [2.45, 2.75) is 52.9 Å². The van der Waals surface area contributed by atoms with E-state index in [1.807, 2.05) is 7.05 Å². The highest BCUT2D eigenvalue weighted by Crippen LogP contribution is 2.45. The number of aryl methyl sites for hydroxylation is 1. The largest absolute Gasteiger partial charge is 0.338 e. The molecule has 164 valence electrons. The second-order valence-electron chi connectivity index (χ2n) is 9.40. The van der Waals surface area contributed by atoms with E-state index in [2.05, 4.69) is 118 Å². The number of nitrogens with zero attached hydrogens (tertiary/aromatic N) is 1. The molecule has 2 aromatic carbocycles. The second-order valence-corrected chi connectivity index (χ2v) is 9.40. The van der Waals surface area contributed by atoms with Crippen molar-refractivity contribution in [2.24, 2.45) is 0 Å². The molecular weight excluding hydrogens is 386 g/mol. The van der Waals surface area contributed by atoms with Gasteiger partial charge in [0, 0.05) is 12.7 Å². The fourth-order valence-corrected chi connectivity index (χ4v) is 4.23. The maximum absolute atomic E-state index is 5.80. The molecule has 32 heavy (non-hydrogen) atoms. The number of anilines is 1. The van der Waals surface area contributed by atoms with E-state index in [1.165, 1.54) is 33.4 Å². The Hall–Kier alpha value is -3.24. The summed E-state index contributed by atoms with van der Waals surface area (Å²) in [5, 5.41) is 0. The van der Waals surface area contributed by atoms with Crippen LogP contribution in [0.3, 0.4) is 0 Å². The molecule has 0 N–H and O–H groups in total. The Bertz CT molecular complexity index is 1130. The number of hydrogen-bond acceptors (Lipinski definition) is 1. The van der Waals surface area contributed by atoms with Crippen molar-refractivity contribution in [3.8, 4) is 12.3 Å². The van der Waals surface area contributed by atoms with Crippen molar-refractivity contribution in [2.75, 3.05) is 11.9 Å². The Morgan fingerprint density at radius 2 is 1.72 bits per heavy atom. The molecule has 0 heterocycles. The fourth-order valence-electron chi connectivity index (χ4n) is 4.23. The standard InChI is InChI=1S/C31H35N/c1-8-27(32(7)28-20-16-23(2)17-21-28)13-11-12-24(3)25(4)18-19-26-22-31(5,6)30-15-10-9-14-29(26)30/h1,9-10,12-21H,11,22H2,2-7H3/b24-12+,25-18+,26-19+,27-13+. The molecule has 0 aromatic heterocycles. The lowest BCUT2D eigenvalue weighted by Gasteiger charge is -2.19. The Labute approximate surface area is 194 Å². The lowest BCUT2D eigenvalue weighted by Crippen LogP contribution is -2.15. The average molecular weight is 422 g/mol. The van der Waals surface area contributed by atoms with Crippen LogP contribution in [0.15, 0.2) is 89.7 Å². The summed E-state index contributed by atoms with van der Waals surface area (Å²) >= 11 is 0. The van der Waals surface area contributed by atoms with Gasteiger partial charge in [0.1, 0.15) is 0 Å². The molecule has 0 saturated carbocycles. The molecule has 0 saturated heterocycles. The van der Waals surface area contributed by atoms with Gasteiger partial charge in [0.2, 0.25) is 0 Å². The smallest absolute Gasteiger partial charge is 0.0881 e. The van der Waals surface area contributed by atoms with Gasteiger partial charge in [-0.2, -0.15) is 0 Å². The van der Waals surface area contributed by atoms with Gasteiger partial charge in [-0.1, -0.05) is 85.5 Å². The summed E-state index contributed by atoms with van der Waals surface area (Å²) in [5.74, 6) is 2.83. The van der Waals surface area contributed by atoms with Crippen LogP contribution >= 0.6 is 0 Å². The van der Waals surface area contributed by atoms with E-state index < -0.39 is 0 Å². The summed E-state index contributed by atoms with van der Waals surface area (Å²) in [6.07, 6.45) is 16.6. The first-order valence-corrected chi connectivity index (χ1v) is 11.3. The van der Waals surface area contributed by atoms with Crippen molar-refractivity contribution < 1.29 is 0 Å². The zero-order valence-corrected chi connectivity index (χ0v) is 20.4. The minimum Gasteiger partial charge on any atom is -0.338 e. The molecule has 3 rings (SSSR count). The maximum atomic E-state index is 5.80. The van der Waals surface area contributed by atoms with E-state index >= 15 is 0 Å². The lowest BCUT2D eigenvalue weighted by atomic mass is 9.86. The molecule has 0 radical (unpaired) electrons. The number of benzene rings is 2. The second kappa shape index (κ2) is 9.92. The van der Waals surface area contributed by atoms with Crippen molar-refractivity contribution in [3.05, 3.63) is 106 Å². The summed E-state index contributed by atoms with van der Waals surface area (Å²) in [4.78, 5) is 2.06. The van der Waals surface area contributed by atoms with Crippen LogP contribution in [0.5, 0.6) is 0 Å². The van der Waals surface area contributed by atoms with Crippen LogP contribution in [0.1, 0.15) is 57.2 Å². The van der Waals surface area contributed by atoms with Gasteiger partial charge in [0.05, 0.1) is 5.70 Å². The van der Waals surface area contributed by atoms with E-state index in [-0.39, 0.29) is 5.41 Å². The summed E-state index contributed by atoms with van der Waals surface area (Å²) in [6, 6.07) is 17.2. The van der Waals surface area contributed by atoms with E-state index in [0.29, 0.717) is 0 Å². The monoisotopic (exact) mass is 421 g/mol. The lowest BCUT2D eigenvalue weighted by molar-refractivity contribution is 0.563. The predicted octanol–water partition coefficient (Wildman–Crippen LogP) is 8.00. The van der Waals surface area contributed by atoms with Gasteiger partial charge in [-0.15, -0.1) is 6.42 Å². The third kappa shape index (κ3) is 5.32. The average Bonchev–Trinajstić information content (AvgIpc) is 3.05. The summed E-state index contributed by atoms with van der Waals surface area (Å²) in [7, 11) is 2.02. The molecule has 1 aliphatic rings. The number of rotatable bonds is 6. The van der Waals surface area contributed by atoms with Crippen LogP contribution in [-0.2, 0) is 5.41 Å². The third-order valence-electron chi connectivity index (χ3n) is 6.46. The molecule has 0 fully saturated rings. The van der Waals surface area contributed by atoms with Crippen LogP contribution in [0.2, 0.25) is 0 Å². The first-order chi connectivity index (χ1) is 15.2. The summed E-state index contributed by atoms with van der Waals surface area (Å²) < 4.78 is 0. The van der Waals surface area contributed by atoms with Crippen LogP contribution in [0.4, 0.5) is 5.69 Å². The number of fused-ring (bicyclic) bond motifs is 1. The van der Waals surface area contributed by atoms with Gasteiger partial charge in [-0.05, 0) is 79.5 Å². The molecule has 0 aliphatic heterocycles. The molecule has 1 nitrogen and oxygen atoms in total. The number of terminal acetylenes is 1. The fraction of sp³-hybridized carbons (Fsp3) is 0.290. The van der Waals surface area contributed by atoms with Gasteiger partial charge in [0.15, 0.2) is 0 Å². The first-order valence-electron chi connectivity index (χ1n) is 11.3. The Morgan fingerprint density at radius 1 is 1.03 bits per heavy atom. The van der Waals surface area contributed by atoms with Crippen LogP contribution in [0, 0.1) is 19.3 Å². The van der Waals surface area contributed by atoms with Crippen molar-refractivity contribution in [3.63, 3.8) is 0 Å². The third-order valence-corrected chi connectivity index (χ3v) is 6.46. The highest BCUT2D eigenvalue weighted by atomic mass is 15.1. The number of allylic oxidation sites excluding steroid dienone is 8. The molecule has 1 heteroatoms. The first kappa shape index (κ1) is 23.4. The van der Waals surface area contributed by atoms with Gasteiger partial charge in [-0.3, -0.25) is 0 Å². The van der Waals surface area contributed by atoms with Crippen LogP contribution < -0.4 is 4.90 Å². The Balaban J connectivity index is 1.72. The Kier molecular flexibility index (Phi) is 7.26.